The van der Waals surface area contributed by atoms with Gasteiger partial charge in [0.15, 0.2) is 5.60 Å². The molecular weight excluding hydrogens is 418 g/mol. The maximum absolute atomic E-state index is 13.6. The van der Waals surface area contributed by atoms with Gasteiger partial charge in [0.05, 0.1) is 37.6 Å². The number of ether oxygens (including phenoxy) is 2. The minimum Gasteiger partial charge on any atom is -0.436 e. The Morgan fingerprint density at radius 3 is 2.36 bits per heavy atom. The van der Waals surface area contributed by atoms with Crippen molar-refractivity contribution in [2.45, 2.75) is 5.60 Å². The van der Waals surface area contributed by atoms with Crippen molar-refractivity contribution < 1.29 is 19.1 Å². The maximum Gasteiger partial charge on any atom is 0.415 e. The van der Waals surface area contributed by atoms with Crippen LogP contribution >= 0.6 is 0 Å². The quantitative estimate of drug-likeness (QED) is 0.651. The number of rotatable bonds is 4. The number of carbonyl (C=O) groups is 2. The molecule has 2 saturated heterocycles. The summed E-state index contributed by atoms with van der Waals surface area (Å²) in [5.41, 5.74) is 2.03. The number of anilines is 3. The van der Waals surface area contributed by atoms with Gasteiger partial charge in [0, 0.05) is 17.9 Å². The number of nitrogens with zero attached hydrogens (tertiary/aromatic N) is 2. The van der Waals surface area contributed by atoms with Gasteiger partial charge >= 0.3 is 6.09 Å². The lowest BCUT2D eigenvalue weighted by Crippen LogP contribution is -2.49. The van der Waals surface area contributed by atoms with Crippen molar-refractivity contribution in [1.29, 1.82) is 0 Å². The summed E-state index contributed by atoms with van der Waals surface area (Å²) < 4.78 is 11.6. The molecule has 7 nitrogen and oxygen atoms in total. The molecule has 0 aromatic heterocycles. The molecule has 0 radical (unpaired) electrons. The van der Waals surface area contributed by atoms with Crippen LogP contribution in [0.1, 0.15) is 10.4 Å². The van der Waals surface area contributed by atoms with Crippen LogP contribution < -0.4 is 10.2 Å². The number of nitrogens with one attached hydrogen (secondary N) is 1. The number of hydrogen-bond donors (Lipinski definition) is 1. The van der Waals surface area contributed by atoms with E-state index in [1.807, 2.05) is 84.9 Å². The summed E-state index contributed by atoms with van der Waals surface area (Å²) in [4.78, 5) is 29.6. The molecule has 2 heterocycles. The molecule has 2 aliphatic rings. The highest BCUT2D eigenvalue weighted by atomic mass is 16.6. The lowest BCUT2D eigenvalue weighted by Gasteiger charge is -2.30. The molecule has 3 aromatic rings. The Bertz CT molecular complexity index is 1140. The van der Waals surface area contributed by atoms with Gasteiger partial charge in [0.2, 0.25) is 0 Å². The predicted molar refractivity (Wildman–Crippen MR) is 126 cm³/mol. The summed E-state index contributed by atoms with van der Waals surface area (Å²) >= 11 is 0. The van der Waals surface area contributed by atoms with Gasteiger partial charge < -0.3 is 19.7 Å². The monoisotopic (exact) mass is 443 g/mol. The Morgan fingerprint density at radius 1 is 0.879 bits per heavy atom. The molecule has 0 bridgehead atoms. The van der Waals surface area contributed by atoms with E-state index in [2.05, 4.69) is 5.32 Å². The number of benzene rings is 3. The van der Waals surface area contributed by atoms with E-state index in [9.17, 15) is 9.59 Å². The first-order chi connectivity index (χ1) is 16.1. The average Bonchev–Trinajstić information content (AvgIpc) is 3.03. The van der Waals surface area contributed by atoms with E-state index in [4.69, 9.17) is 9.47 Å². The molecule has 1 N–H and O–H groups in total. The number of carbonyl (C=O) groups excluding carboxylic acids is 2. The molecule has 5 rings (SSSR count). The normalized spacial score (nSPS) is 20.4. The SMILES string of the molecule is O=C(c1ccccc1Nc1ccccc1)N1CCOC[C@@]2(C1)CN(c1ccccc1)C(=O)O2. The van der Waals surface area contributed by atoms with Gasteiger partial charge in [-0.15, -0.1) is 0 Å². The van der Waals surface area contributed by atoms with Crippen LogP contribution in [0.25, 0.3) is 0 Å². The summed E-state index contributed by atoms with van der Waals surface area (Å²) in [7, 11) is 0. The van der Waals surface area contributed by atoms with Gasteiger partial charge in [-0.05, 0) is 36.4 Å². The highest BCUT2D eigenvalue weighted by Gasteiger charge is 2.49. The fraction of sp³-hybridized carbons (Fsp3) is 0.231. The highest BCUT2D eigenvalue weighted by Crippen LogP contribution is 2.31. The van der Waals surface area contributed by atoms with E-state index >= 15 is 0 Å². The van der Waals surface area contributed by atoms with E-state index < -0.39 is 11.7 Å². The molecule has 33 heavy (non-hydrogen) atoms. The second-order valence-corrected chi connectivity index (χ2v) is 8.29. The number of amides is 2. The molecule has 1 atom stereocenters. The molecule has 2 amide bonds. The molecule has 0 saturated carbocycles. The molecule has 1 spiro atoms. The Balaban J connectivity index is 1.38. The number of para-hydroxylation sites is 3. The zero-order valence-electron chi connectivity index (χ0n) is 18.1. The first-order valence-corrected chi connectivity index (χ1v) is 11.0. The van der Waals surface area contributed by atoms with E-state index in [0.29, 0.717) is 25.3 Å². The van der Waals surface area contributed by atoms with Gasteiger partial charge in [0.25, 0.3) is 5.91 Å². The van der Waals surface area contributed by atoms with Gasteiger partial charge in [-0.25, -0.2) is 4.79 Å². The molecule has 2 aliphatic heterocycles. The van der Waals surface area contributed by atoms with Crippen LogP contribution in [0.15, 0.2) is 84.9 Å². The van der Waals surface area contributed by atoms with Crippen LogP contribution in [0.5, 0.6) is 0 Å². The van der Waals surface area contributed by atoms with Crippen molar-refractivity contribution in [2.24, 2.45) is 0 Å². The molecule has 7 heteroatoms. The van der Waals surface area contributed by atoms with Crippen molar-refractivity contribution in [3.8, 4) is 0 Å². The van der Waals surface area contributed by atoms with Gasteiger partial charge in [0.1, 0.15) is 0 Å². The van der Waals surface area contributed by atoms with Gasteiger partial charge in [-0.1, -0.05) is 48.5 Å². The smallest absolute Gasteiger partial charge is 0.415 e. The Labute approximate surface area is 192 Å². The second-order valence-electron chi connectivity index (χ2n) is 8.29. The van der Waals surface area contributed by atoms with E-state index in [0.717, 1.165) is 17.1 Å². The fourth-order valence-electron chi connectivity index (χ4n) is 4.29. The third kappa shape index (κ3) is 4.40. The lowest BCUT2D eigenvalue weighted by atomic mass is 10.0. The average molecular weight is 444 g/mol. The van der Waals surface area contributed by atoms with Crippen molar-refractivity contribution in [3.05, 3.63) is 90.5 Å². The summed E-state index contributed by atoms with van der Waals surface area (Å²) in [5.74, 6) is -0.131. The number of hydrogen-bond acceptors (Lipinski definition) is 5. The van der Waals surface area contributed by atoms with Crippen molar-refractivity contribution in [2.75, 3.05) is 43.1 Å². The molecule has 0 unspecified atom stereocenters. The minimum atomic E-state index is -0.916. The first-order valence-electron chi connectivity index (χ1n) is 11.0. The topological polar surface area (TPSA) is 71.1 Å². The molecule has 0 aliphatic carbocycles. The summed E-state index contributed by atoms with van der Waals surface area (Å²) in [6.45, 7) is 1.63. The third-order valence-electron chi connectivity index (χ3n) is 5.89. The Morgan fingerprint density at radius 2 is 1.58 bits per heavy atom. The molecule has 3 aromatic carbocycles. The largest absolute Gasteiger partial charge is 0.436 e. The van der Waals surface area contributed by atoms with E-state index in [-0.39, 0.29) is 19.1 Å². The molecular formula is C26H25N3O4. The van der Waals surface area contributed by atoms with Crippen LogP contribution in [0.4, 0.5) is 21.9 Å². The first kappa shape index (κ1) is 21.0. The molecule has 2 fully saturated rings. The van der Waals surface area contributed by atoms with Crippen LogP contribution in [0.2, 0.25) is 0 Å². The van der Waals surface area contributed by atoms with E-state index in [1.54, 1.807) is 9.80 Å². The summed E-state index contributed by atoms with van der Waals surface area (Å²) in [5, 5.41) is 3.33. The fourth-order valence-corrected chi connectivity index (χ4v) is 4.29. The Hall–Kier alpha value is -3.84. The standard InChI is InChI=1S/C26H25N3O4/c30-24(22-13-7-8-14-23(22)27-20-9-3-1-4-10-20)28-15-16-32-19-26(17-28)18-29(25(31)33-26)21-11-5-2-6-12-21/h1-14,27H,15-19H2/t26-/m1/s1. The van der Waals surface area contributed by atoms with Crippen LogP contribution in [0, 0.1) is 0 Å². The summed E-state index contributed by atoms with van der Waals surface area (Å²) in [6.07, 6.45) is -0.426. The van der Waals surface area contributed by atoms with E-state index in [1.165, 1.54) is 0 Å². The minimum absolute atomic E-state index is 0.131. The highest BCUT2D eigenvalue weighted by molar-refractivity contribution is 6.00. The van der Waals surface area contributed by atoms with Crippen molar-refractivity contribution in [1.82, 2.24) is 4.90 Å². The van der Waals surface area contributed by atoms with Crippen molar-refractivity contribution >= 4 is 29.1 Å². The Kier molecular flexibility index (Phi) is 5.71. The summed E-state index contributed by atoms with van der Waals surface area (Å²) in [6, 6.07) is 26.6. The second kappa shape index (κ2) is 8.96. The zero-order valence-corrected chi connectivity index (χ0v) is 18.1. The lowest BCUT2D eigenvalue weighted by molar-refractivity contribution is -0.0140. The maximum atomic E-state index is 13.6. The zero-order chi connectivity index (χ0) is 22.7. The van der Waals surface area contributed by atoms with Crippen LogP contribution in [0.3, 0.4) is 0 Å². The van der Waals surface area contributed by atoms with Gasteiger partial charge in [-0.3, -0.25) is 9.69 Å². The molecule has 168 valence electrons. The third-order valence-corrected chi connectivity index (χ3v) is 5.89. The van der Waals surface area contributed by atoms with Crippen LogP contribution in [-0.4, -0.2) is 55.3 Å². The predicted octanol–water partition coefficient (Wildman–Crippen LogP) is 4.30. The van der Waals surface area contributed by atoms with Crippen LogP contribution in [-0.2, 0) is 9.47 Å². The van der Waals surface area contributed by atoms with Crippen molar-refractivity contribution in [3.63, 3.8) is 0 Å². The van der Waals surface area contributed by atoms with Gasteiger partial charge in [-0.2, -0.15) is 0 Å².